The van der Waals surface area contributed by atoms with Crippen molar-refractivity contribution in [3.63, 3.8) is 0 Å². The number of hydrogen-bond donors (Lipinski definition) is 1. The van der Waals surface area contributed by atoms with Crippen LogP contribution >= 0.6 is 11.6 Å². The van der Waals surface area contributed by atoms with E-state index in [0.717, 1.165) is 5.56 Å². The van der Waals surface area contributed by atoms with Crippen LogP contribution in [0.25, 0.3) is 16.7 Å². The molecule has 4 aromatic rings. The highest BCUT2D eigenvalue weighted by Gasteiger charge is 2.21. The molecule has 0 saturated heterocycles. The van der Waals surface area contributed by atoms with Crippen molar-refractivity contribution in [1.29, 1.82) is 0 Å². The molecule has 0 fully saturated rings. The predicted octanol–water partition coefficient (Wildman–Crippen LogP) is 3.91. The number of rotatable bonds is 7. The lowest BCUT2D eigenvalue weighted by molar-refractivity contribution is 0.101. The molecule has 0 spiro atoms. The topological polar surface area (TPSA) is 86.9 Å². The second kappa shape index (κ2) is 9.02. The van der Waals surface area contributed by atoms with E-state index in [-0.39, 0.29) is 5.56 Å². The molecule has 0 aliphatic carbocycles. The number of nitrogens with zero attached hydrogens (tertiary/aromatic N) is 3. The third kappa shape index (κ3) is 3.94. The second-order valence-corrected chi connectivity index (χ2v) is 7.80. The zero-order valence-corrected chi connectivity index (χ0v) is 18.8. The van der Waals surface area contributed by atoms with E-state index in [9.17, 15) is 9.59 Å². The van der Waals surface area contributed by atoms with Crippen LogP contribution in [0.2, 0.25) is 5.02 Å². The van der Waals surface area contributed by atoms with Crippen LogP contribution in [0.4, 0.5) is 5.69 Å². The molecule has 1 N–H and O–H groups in total. The van der Waals surface area contributed by atoms with Crippen molar-refractivity contribution in [2.75, 3.05) is 26.1 Å². The molecule has 0 saturated carbocycles. The van der Waals surface area contributed by atoms with Crippen LogP contribution in [0.1, 0.15) is 22.5 Å². The summed E-state index contributed by atoms with van der Waals surface area (Å²) in [5.41, 5.74) is 2.41. The van der Waals surface area contributed by atoms with Gasteiger partial charge in [-0.3, -0.25) is 14.0 Å². The van der Waals surface area contributed by atoms with Crippen LogP contribution in [-0.2, 0) is 11.3 Å². The fraction of sp³-hybridized carbons (Fsp3) is 0.261. The molecular formula is C23H23ClN4O4. The number of carbonyl (C=O) groups is 1. The van der Waals surface area contributed by atoms with E-state index in [1.54, 1.807) is 48.2 Å². The number of halogens is 1. The highest BCUT2D eigenvalue weighted by molar-refractivity contribution is 6.31. The van der Waals surface area contributed by atoms with Gasteiger partial charge in [0.05, 0.1) is 18.2 Å². The second-order valence-electron chi connectivity index (χ2n) is 7.37. The van der Waals surface area contributed by atoms with Gasteiger partial charge >= 0.3 is 0 Å². The zero-order chi connectivity index (χ0) is 22.8. The van der Waals surface area contributed by atoms with Gasteiger partial charge in [0.2, 0.25) is 0 Å². The molecule has 9 heteroatoms. The normalized spacial score (nSPS) is 11.2. The van der Waals surface area contributed by atoms with Crippen LogP contribution in [0.15, 0.2) is 47.4 Å². The number of benzene rings is 1. The lowest BCUT2D eigenvalue weighted by Gasteiger charge is -2.13. The van der Waals surface area contributed by atoms with Crippen LogP contribution < -0.4 is 15.6 Å². The zero-order valence-electron chi connectivity index (χ0n) is 18.0. The van der Waals surface area contributed by atoms with E-state index in [0.29, 0.717) is 58.4 Å². The van der Waals surface area contributed by atoms with Gasteiger partial charge in [0, 0.05) is 31.5 Å². The molecule has 3 aromatic heterocycles. The van der Waals surface area contributed by atoms with E-state index >= 15 is 0 Å². The summed E-state index contributed by atoms with van der Waals surface area (Å²) in [5, 5.41) is 3.68. The van der Waals surface area contributed by atoms with Crippen molar-refractivity contribution in [1.82, 2.24) is 14.0 Å². The highest BCUT2D eigenvalue weighted by Crippen LogP contribution is 2.28. The quantitative estimate of drug-likeness (QED) is 0.428. The lowest BCUT2D eigenvalue weighted by Crippen LogP contribution is -2.19. The first-order valence-electron chi connectivity index (χ1n) is 10.1. The molecule has 4 rings (SSSR count). The number of hydrogen-bond acceptors (Lipinski definition) is 5. The molecule has 3 heterocycles. The fourth-order valence-corrected chi connectivity index (χ4v) is 3.88. The first kappa shape index (κ1) is 21.9. The standard InChI is InChI=1S/C23H23ClN4O4/c1-14-6-4-9-28-20(14)26-21-16(23(28)30)13-18(27(21)10-5-11-31-2)22(29)25-17-12-15(24)7-8-19(17)32-3/h4,6-9,12-13H,5,10-11H2,1-3H3,(H,25,29). The van der Waals surface area contributed by atoms with Crippen molar-refractivity contribution in [3.05, 3.63) is 69.2 Å². The van der Waals surface area contributed by atoms with Gasteiger partial charge in [-0.1, -0.05) is 17.7 Å². The monoisotopic (exact) mass is 454 g/mol. The minimum absolute atomic E-state index is 0.228. The average molecular weight is 455 g/mol. The van der Waals surface area contributed by atoms with E-state index in [1.165, 1.54) is 11.5 Å². The van der Waals surface area contributed by atoms with Crippen LogP contribution in [0.3, 0.4) is 0 Å². The van der Waals surface area contributed by atoms with Gasteiger partial charge in [-0.2, -0.15) is 0 Å². The number of anilines is 1. The van der Waals surface area contributed by atoms with E-state index < -0.39 is 5.91 Å². The van der Waals surface area contributed by atoms with Gasteiger partial charge < -0.3 is 19.4 Å². The van der Waals surface area contributed by atoms with Crippen LogP contribution in [-0.4, -0.2) is 40.7 Å². The maximum atomic E-state index is 13.3. The Kier molecular flexibility index (Phi) is 6.16. The van der Waals surface area contributed by atoms with E-state index in [2.05, 4.69) is 5.32 Å². The van der Waals surface area contributed by atoms with Crippen LogP contribution in [0, 0.1) is 6.92 Å². The molecular weight excluding hydrogens is 432 g/mol. The number of aromatic nitrogens is 3. The predicted molar refractivity (Wildman–Crippen MR) is 124 cm³/mol. The summed E-state index contributed by atoms with van der Waals surface area (Å²) < 4.78 is 13.8. The van der Waals surface area contributed by atoms with Gasteiger partial charge in [-0.15, -0.1) is 0 Å². The summed E-state index contributed by atoms with van der Waals surface area (Å²) in [6.45, 7) is 2.86. The first-order valence-corrected chi connectivity index (χ1v) is 10.5. The number of nitrogens with one attached hydrogen (secondary N) is 1. The molecule has 0 aliphatic heterocycles. The Hall–Kier alpha value is -3.36. The van der Waals surface area contributed by atoms with E-state index in [1.807, 2.05) is 13.0 Å². The Morgan fingerprint density at radius 2 is 2.00 bits per heavy atom. The summed E-state index contributed by atoms with van der Waals surface area (Å²) >= 11 is 6.10. The highest BCUT2D eigenvalue weighted by atomic mass is 35.5. The molecule has 1 aromatic carbocycles. The summed E-state index contributed by atoms with van der Waals surface area (Å²) in [6, 6.07) is 10.2. The van der Waals surface area contributed by atoms with Gasteiger partial charge in [-0.25, -0.2) is 4.98 Å². The Labute approximate surface area is 189 Å². The third-order valence-corrected chi connectivity index (χ3v) is 5.50. The smallest absolute Gasteiger partial charge is 0.272 e. The summed E-state index contributed by atoms with van der Waals surface area (Å²) in [7, 11) is 3.13. The number of pyridine rings is 1. The Bertz CT molecular complexity index is 1380. The molecule has 0 radical (unpaired) electrons. The average Bonchev–Trinajstić information content (AvgIpc) is 3.14. The molecule has 32 heavy (non-hydrogen) atoms. The molecule has 0 bridgehead atoms. The largest absolute Gasteiger partial charge is 0.495 e. The maximum absolute atomic E-state index is 13.3. The van der Waals surface area contributed by atoms with Gasteiger partial charge in [0.15, 0.2) is 0 Å². The third-order valence-electron chi connectivity index (χ3n) is 5.26. The van der Waals surface area contributed by atoms with Crippen molar-refractivity contribution in [2.45, 2.75) is 19.9 Å². The van der Waals surface area contributed by atoms with Crippen LogP contribution in [0.5, 0.6) is 5.75 Å². The number of ether oxygens (including phenoxy) is 2. The maximum Gasteiger partial charge on any atom is 0.272 e. The SMILES string of the molecule is COCCCn1c(C(=O)Nc2cc(Cl)ccc2OC)cc2c(=O)n3cccc(C)c3nc21. The van der Waals surface area contributed by atoms with Crippen molar-refractivity contribution in [3.8, 4) is 5.75 Å². The molecule has 8 nitrogen and oxygen atoms in total. The lowest BCUT2D eigenvalue weighted by atomic mass is 10.2. The summed E-state index contributed by atoms with van der Waals surface area (Å²) in [5.74, 6) is 0.0792. The van der Waals surface area contributed by atoms with Crippen molar-refractivity contribution in [2.24, 2.45) is 0 Å². The number of carbonyl (C=O) groups excluding carboxylic acids is 1. The van der Waals surface area contributed by atoms with E-state index in [4.69, 9.17) is 26.1 Å². The van der Waals surface area contributed by atoms with Crippen molar-refractivity contribution >= 4 is 39.9 Å². The Balaban J connectivity index is 1.87. The van der Waals surface area contributed by atoms with Gasteiger partial charge in [-0.05, 0) is 49.2 Å². The fourth-order valence-electron chi connectivity index (χ4n) is 3.71. The van der Waals surface area contributed by atoms with Crippen molar-refractivity contribution < 1.29 is 14.3 Å². The minimum atomic E-state index is -0.397. The number of amides is 1. The molecule has 0 aliphatic rings. The molecule has 0 atom stereocenters. The summed E-state index contributed by atoms with van der Waals surface area (Å²) in [4.78, 5) is 31.2. The Morgan fingerprint density at radius 3 is 2.75 bits per heavy atom. The molecule has 1 amide bonds. The minimum Gasteiger partial charge on any atom is -0.495 e. The molecule has 166 valence electrons. The molecule has 0 unspecified atom stereocenters. The van der Waals surface area contributed by atoms with Gasteiger partial charge in [0.25, 0.3) is 11.5 Å². The number of aryl methyl sites for hydroxylation is 2. The van der Waals surface area contributed by atoms with Gasteiger partial charge in [0.1, 0.15) is 22.7 Å². The summed E-state index contributed by atoms with van der Waals surface area (Å²) in [6.07, 6.45) is 2.33. The number of methoxy groups -OCH3 is 2. The first-order chi connectivity index (χ1) is 15.4. The Morgan fingerprint density at radius 1 is 1.19 bits per heavy atom. The number of fused-ring (bicyclic) bond motifs is 2.